The summed E-state index contributed by atoms with van der Waals surface area (Å²) in [6, 6.07) is 32.3. The molecule has 0 N–H and O–H groups in total. The van der Waals surface area contributed by atoms with Crippen LogP contribution in [0.1, 0.15) is 7.43 Å². The summed E-state index contributed by atoms with van der Waals surface area (Å²) in [6.45, 7) is 0. The van der Waals surface area contributed by atoms with E-state index < -0.39 is 7.92 Å². The van der Waals surface area contributed by atoms with Gasteiger partial charge in [0.05, 0.1) is 0 Å². The average Bonchev–Trinajstić information content (AvgIpc) is 2.51. The molecule has 0 bridgehead atoms. The third-order valence-electron chi connectivity index (χ3n) is 3.04. The van der Waals surface area contributed by atoms with E-state index >= 15 is 0 Å². The number of hydrogen-bond donors (Lipinski definition) is 0. The SMILES string of the molecule is C.Cl.Cl.c1ccc(P(c2ccccc2)c2ccccc2)cc1. The third kappa shape index (κ3) is 4.85. The van der Waals surface area contributed by atoms with Gasteiger partial charge < -0.3 is 0 Å². The Kier molecular flexibility index (Phi) is 9.78. The lowest BCUT2D eigenvalue weighted by Gasteiger charge is -2.18. The fraction of sp³-hybridized carbons (Fsp3) is 0.0526. The molecule has 0 radical (unpaired) electrons. The van der Waals surface area contributed by atoms with Crippen LogP contribution in [0, 0.1) is 0 Å². The van der Waals surface area contributed by atoms with Crippen LogP contribution in [0.25, 0.3) is 0 Å². The zero-order valence-corrected chi connectivity index (χ0v) is 14.0. The first-order chi connectivity index (χ1) is 9.45. The van der Waals surface area contributed by atoms with Gasteiger partial charge in [0.2, 0.25) is 0 Å². The van der Waals surface area contributed by atoms with E-state index in [9.17, 15) is 0 Å². The Morgan fingerprint density at radius 2 is 0.636 bits per heavy atom. The second-order valence-electron chi connectivity index (χ2n) is 4.34. The summed E-state index contributed by atoms with van der Waals surface area (Å²) in [5.41, 5.74) is 0. The first kappa shape index (κ1) is 20.7. The minimum atomic E-state index is -0.446. The van der Waals surface area contributed by atoms with Crippen LogP contribution < -0.4 is 15.9 Å². The maximum atomic E-state index is 2.23. The van der Waals surface area contributed by atoms with E-state index in [1.54, 1.807) is 0 Å². The molecular weight excluding hydrogens is 330 g/mol. The van der Waals surface area contributed by atoms with Gasteiger partial charge in [-0.15, -0.1) is 24.8 Å². The standard InChI is InChI=1S/C18H15P.CH4.2ClH/c1-4-10-16(11-5-1)19(17-12-6-2-7-13-17)18-14-8-3-9-15-18;;;/h1-15H;1H4;2*1H. The highest BCUT2D eigenvalue weighted by Gasteiger charge is 2.14. The molecule has 0 aliphatic carbocycles. The van der Waals surface area contributed by atoms with Gasteiger partial charge in [0.1, 0.15) is 0 Å². The molecule has 0 saturated carbocycles. The van der Waals surface area contributed by atoms with Gasteiger partial charge in [-0.05, 0) is 23.8 Å². The van der Waals surface area contributed by atoms with E-state index in [2.05, 4.69) is 91.0 Å². The van der Waals surface area contributed by atoms with Crippen LogP contribution >= 0.6 is 32.7 Å². The van der Waals surface area contributed by atoms with Gasteiger partial charge in [0, 0.05) is 0 Å². The Morgan fingerprint density at radius 3 is 0.864 bits per heavy atom. The van der Waals surface area contributed by atoms with E-state index in [4.69, 9.17) is 0 Å². The number of benzene rings is 3. The van der Waals surface area contributed by atoms with Crippen molar-refractivity contribution < 1.29 is 0 Å². The molecule has 3 heteroatoms. The smallest absolute Gasteiger partial charge is 0.0134 e. The van der Waals surface area contributed by atoms with Gasteiger partial charge in [-0.2, -0.15) is 0 Å². The third-order valence-corrected chi connectivity index (χ3v) is 5.49. The fourth-order valence-electron chi connectivity index (χ4n) is 2.18. The lowest BCUT2D eigenvalue weighted by atomic mass is 10.4. The Labute approximate surface area is 147 Å². The van der Waals surface area contributed by atoms with E-state index in [1.807, 2.05) is 0 Å². The van der Waals surface area contributed by atoms with Crippen LogP contribution in [0.5, 0.6) is 0 Å². The molecule has 22 heavy (non-hydrogen) atoms. The highest BCUT2D eigenvalue weighted by Crippen LogP contribution is 2.32. The molecule has 0 fully saturated rings. The van der Waals surface area contributed by atoms with Crippen molar-refractivity contribution >= 4 is 48.6 Å². The molecule has 0 atom stereocenters. The number of hydrogen-bond acceptors (Lipinski definition) is 0. The van der Waals surface area contributed by atoms with Crippen LogP contribution in [-0.4, -0.2) is 0 Å². The molecule has 0 nitrogen and oxygen atoms in total. The van der Waals surface area contributed by atoms with Gasteiger partial charge >= 0.3 is 0 Å². The first-order valence-electron chi connectivity index (χ1n) is 6.40. The molecular formula is C19H21Cl2P. The van der Waals surface area contributed by atoms with E-state index in [1.165, 1.54) is 15.9 Å². The summed E-state index contributed by atoms with van der Waals surface area (Å²) in [7, 11) is -0.446. The predicted molar refractivity (Wildman–Crippen MR) is 106 cm³/mol. The molecule has 0 unspecified atom stereocenters. The molecule has 0 saturated heterocycles. The highest BCUT2D eigenvalue weighted by molar-refractivity contribution is 7.79. The Morgan fingerprint density at radius 1 is 0.409 bits per heavy atom. The summed E-state index contributed by atoms with van der Waals surface area (Å²) in [4.78, 5) is 0. The van der Waals surface area contributed by atoms with Crippen molar-refractivity contribution in [3.05, 3.63) is 91.0 Å². The summed E-state index contributed by atoms with van der Waals surface area (Å²) in [5.74, 6) is 0. The van der Waals surface area contributed by atoms with Crippen molar-refractivity contribution in [1.29, 1.82) is 0 Å². The Hall–Kier alpha value is -1.33. The predicted octanol–water partition coefficient (Wildman–Crippen LogP) is 4.92. The Balaban J connectivity index is 0.00000147. The summed E-state index contributed by atoms with van der Waals surface area (Å²) < 4.78 is 0. The summed E-state index contributed by atoms with van der Waals surface area (Å²) in [6.07, 6.45) is 0. The zero-order chi connectivity index (χ0) is 12.9. The average molecular weight is 351 g/mol. The van der Waals surface area contributed by atoms with Crippen molar-refractivity contribution in [3.8, 4) is 0 Å². The van der Waals surface area contributed by atoms with Crippen molar-refractivity contribution in [2.45, 2.75) is 7.43 Å². The fourth-order valence-corrected chi connectivity index (χ4v) is 4.48. The first-order valence-corrected chi connectivity index (χ1v) is 7.74. The minimum Gasteiger partial charge on any atom is -0.147 e. The van der Waals surface area contributed by atoms with Crippen molar-refractivity contribution in [1.82, 2.24) is 0 Å². The molecule has 0 heterocycles. The lowest BCUT2D eigenvalue weighted by molar-refractivity contribution is 1.74. The summed E-state index contributed by atoms with van der Waals surface area (Å²) >= 11 is 0. The van der Waals surface area contributed by atoms with Gasteiger partial charge in [-0.25, -0.2) is 0 Å². The largest absolute Gasteiger partial charge is 0.147 e. The highest BCUT2D eigenvalue weighted by atomic mass is 35.5. The van der Waals surface area contributed by atoms with Gasteiger partial charge in [-0.3, -0.25) is 0 Å². The maximum Gasteiger partial charge on any atom is -0.0134 e. The quantitative estimate of drug-likeness (QED) is 0.588. The topological polar surface area (TPSA) is 0 Å². The summed E-state index contributed by atoms with van der Waals surface area (Å²) in [5, 5.41) is 4.19. The van der Waals surface area contributed by atoms with Gasteiger partial charge in [0.25, 0.3) is 0 Å². The lowest BCUT2D eigenvalue weighted by Crippen LogP contribution is -2.20. The van der Waals surface area contributed by atoms with Crippen LogP contribution in [0.15, 0.2) is 91.0 Å². The molecule has 0 aliphatic rings. The molecule has 0 aromatic heterocycles. The minimum absolute atomic E-state index is 0. The molecule has 3 aromatic carbocycles. The van der Waals surface area contributed by atoms with E-state index in [-0.39, 0.29) is 32.2 Å². The molecule has 0 spiro atoms. The Bertz CT molecular complexity index is 533. The molecule has 0 amide bonds. The van der Waals surface area contributed by atoms with Crippen molar-refractivity contribution in [2.24, 2.45) is 0 Å². The van der Waals surface area contributed by atoms with Gasteiger partial charge in [0.15, 0.2) is 0 Å². The normalized spacial score (nSPS) is 9.14. The maximum absolute atomic E-state index is 2.23. The molecule has 3 aromatic rings. The van der Waals surface area contributed by atoms with E-state index in [0.29, 0.717) is 0 Å². The van der Waals surface area contributed by atoms with Crippen LogP contribution in [-0.2, 0) is 0 Å². The van der Waals surface area contributed by atoms with Crippen LogP contribution in [0.4, 0.5) is 0 Å². The molecule has 0 aliphatic heterocycles. The van der Waals surface area contributed by atoms with Crippen LogP contribution in [0.3, 0.4) is 0 Å². The van der Waals surface area contributed by atoms with Gasteiger partial charge in [-0.1, -0.05) is 98.4 Å². The molecule has 116 valence electrons. The number of rotatable bonds is 3. The number of halogens is 2. The van der Waals surface area contributed by atoms with Crippen molar-refractivity contribution in [3.63, 3.8) is 0 Å². The monoisotopic (exact) mass is 350 g/mol. The zero-order valence-electron chi connectivity index (χ0n) is 11.4. The second-order valence-corrected chi connectivity index (χ2v) is 6.56. The van der Waals surface area contributed by atoms with Crippen LogP contribution in [0.2, 0.25) is 0 Å². The molecule has 3 rings (SSSR count). The second kappa shape index (κ2) is 10.4. The van der Waals surface area contributed by atoms with E-state index in [0.717, 1.165) is 0 Å². The van der Waals surface area contributed by atoms with Crippen molar-refractivity contribution in [2.75, 3.05) is 0 Å².